The van der Waals surface area contributed by atoms with Gasteiger partial charge in [0.2, 0.25) is 0 Å². The van der Waals surface area contributed by atoms with Crippen molar-refractivity contribution in [3.63, 3.8) is 0 Å². The van der Waals surface area contributed by atoms with E-state index in [0.717, 1.165) is 22.4 Å². The van der Waals surface area contributed by atoms with E-state index in [2.05, 4.69) is 10.5 Å². The number of hydrazone groups is 1. The smallest absolute Gasteiger partial charge is 0.161 e. The molecule has 0 aliphatic carbocycles. The van der Waals surface area contributed by atoms with Crippen molar-refractivity contribution in [2.45, 2.75) is 13.2 Å². The Balaban J connectivity index is 1.59. The first-order chi connectivity index (χ1) is 13.8. The molecule has 5 heteroatoms. The molecule has 1 N–H and O–H groups in total. The maximum absolute atomic E-state index is 5.88. The number of methoxy groups -OCH3 is 2. The summed E-state index contributed by atoms with van der Waals surface area (Å²) in [6.45, 7) is 1.07. The van der Waals surface area contributed by atoms with Crippen molar-refractivity contribution < 1.29 is 14.2 Å². The molecule has 0 aromatic heterocycles. The molecular formula is C23H24N2O3. The molecule has 0 aliphatic rings. The molecule has 0 spiro atoms. The fraction of sp³-hybridized carbons (Fsp3) is 0.174. The first-order valence-corrected chi connectivity index (χ1v) is 9.02. The summed E-state index contributed by atoms with van der Waals surface area (Å²) in [5.41, 5.74) is 6.11. The largest absolute Gasteiger partial charge is 0.496 e. The molecule has 144 valence electrons. The zero-order chi connectivity index (χ0) is 19.6. The minimum atomic E-state index is 0.491. The van der Waals surface area contributed by atoms with Gasteiger partial charge in [-0.2, -0.15) is 5.10 Å². The number of benzene rings is 3. The average Bonchev–Trinajstić information content (AvgIpc) is 2.76. The molecule has 0 fully saturated rings. The third-order valence-corrected chi connectivity index (χ3v) is 4.19. The second-order valence-electron chi connectivity index (χ2n) is 6.09. The monoisotopic (exact) mass is 376 g/mol. The lowest BCUT2D eigenvalue weighted by atomic mass is 10.2. The van der Waals surface area contributed by atoms with Gasteiger partial charge >= 0.3 is 0 Å². The number of ether oxygens (including phenoxy) is 3. The Morgan fingerprint density at radius 1 is 0.821 bits per heavy atom. The van der Waals surface area contributed by atoms with Gasteiger partial charge < -0.3 is 19.6 Å². The van der Waals surface area contributed by atoms with E-state index in [4.69, 9.17) is 14.2 Å². The second-order valence-corrected chi connectivity index (χ2v) is 6.09. The lowest BCUT2D eigenvalue weighted by molar-refractivity contribution is 0.284. The molecule has 0 heterocycles. The molecule has 0 saturated heterocycles. The van der Waals surface area contributed by atoms with E-state index >= 15 is 0 Å². The van der Waals surface area contributed by atoms with Gasteiger partial charge in [-0.15, -0.1) is 0 Å². The van der Waals surface area contributed by atoms with Gasteiger partial charge in [-0.05, 0) is 35.4 Å². The number of nitrogens with one attached hydrogen (secondary N) is 1. The van der Waals surface area contributed by atoms with Crippen molar-refractivity contribution >= 4 is 6.21 Å². The fourth-order valence-electron chi connectivity index (χ4n) is 2.72. The minimum absolute atomic E-state index is 0.491. The molecule has 0 aliphatic heterocycles. The lowest BCUT2D eigenvalue weighted by Crippen LogP contribution is -2.07. The molecule has 3 rings (SSSR count). The van der Waals surface area contributed by atoms with Crippen LogP contribution in [-0.2, 0) is 13.2 Å². The number of hydrogen-bond donors (Lipinski definition) is 1. The second kappa shape index (κ2) is 10.0. The molecule has 0 bridgehead atoms. The molecule has 3 aromatic carbocycles. The van der Waals surface area contributed by atoms with Gasteiger partial charge in [0, 0.05) is 5.56 Å². The van der Waals surface area contributed by atoms with Crippen LogP contribution in [0.1, 0.15) is 16.7 Å². The van der Waals surface area contributed by atoms with E-state index < -0.39 is 0 Å². The summed E-state index contributed by atoms with van der Waals surface area (Å²) in [7, 11) is 3.29. The molecule has 28 heavy (non-hydrogen) atoms. The number of rotatable bonds is 9. The molecule has 0 saturated carbocycles. The van der Waals surface area contributed by atoms with Crippen LogP contribution in [-0.4, -0.2) is 20.4 Å². The van der Waals surface area contributed by atoms with Crippen LogP contribution in [0, 0.1) is 0 Å². The third-order valence-electron chi connectivity index (χ3n) is 4.19. The number of hydrogen-bond acceptors (Lipinski definition) is 5. The Morgan fingerprint density at radius 3 is 2.36 bits per heavy atom. The van der Waals surface area contributed by atoms with Crippen LogP contribution in [0.3, 0.4) is 0 Å². The predicted octanol–water partition coefficient (Wildman–Crippen LogP) is 4.41. The molecule has 0 amide bonds. The average molecular weight is 376 g/mol. The zero-order valence-corrected chi connectivity index (χ0v) is 16.1. The molecule has 3 aromatic rings. The summed E-state index contributed by atoms with van der Waals surface area (Å²) >= 11 is 0. The molecule has 0 radical (unpaired) electrons. The summed E-state index contributed by atoms with van der Waals surface area (Å²) in [6, 6.07) is 23.6. The first-order valence-electron chi connectivity index (χ1n) is 9.02. The first kappa shape index (κ1) is 19.3. The lowest BCUT2D eigenvalue weighted by Gasteiger charge is -2.11. The van der Waals surface area contributed by atoms with Crippen LogP contribution < -0.4 is 19.6 Å². The van der Waals surface area contributed by atoms with Crippen molar-refractivity contribution in [2.24, 2.45) is 5.10 Å². The summed E-state index contributed by atoms with van der Waals surface area (Å²) in [5, 5.41) is 4.28. The quantitative estimate of drug-likeness (QED) is 0.444. The van der Waals surface area contributed by atoms with E-state index in [1.165, 1.54) is 0 Å². The Morgan fingerprint density at radius 2 is 1.57 bits per heavy atom. The van der Waals surface area contributed by atoms with Crippen LogP contribution >= 0.6 is 0 Å². The number of nitrogens with zero attached hydrogens (tertiary/aromatic N) is 1. The Bertz CT molecular complexity index is 911. The van der Waals surface area contributed by atoms with Crippen molar-refractivity contribution in [2.75, 3.05) is 14.2 Å². The standard InChI is InChI=1S/C23H24N2O3/c1-26-21-11-7-6-10-20(21)16-25-24-15-19-12-13-22(23(14-19)27-2)28-17-18-8-4-3-5-9-18/h3-15,25H,16-17H2,1-2H3/b24-15-. The van der Waals surface area contributed by atoms with Crippen LogP contribution in [0.15, 0.2) is 77.9 Å². The SMILES string of the molecule is COc1ccccc1CN/N=C\c1ccc(OCc2ccccc2)c(OC)c1. The third kappa shape index (κ3) is 5.27. The normalized spacial score (nSPS) is 10.6. The predicted molar refractivity (Wildman–Crippen MR) is 111 cm³/mol. The van der Waals surface area contributed by atoms with Crippen molar-refractivity contribution in [3.05, 3.63) is 89.5 Å². The van der Waals surface area contributed by atoms with Gasteiger partial charge in [0.1, 0.15) is 12.4 Å². The summed E-state index contributed by atoms with van der Waals surface area (Å²) < 4.78 is 16.7. The van der Waals surface area contributed by atoms with E-state index in [9.17, 15) is 0 Å². The fourth-order valence-corrected chi connectivity index (χ4v) is 2.72. The minimum Gasteiger partial charge on any atom is -0.496 e. The maximum atomic E-state index is 5.88. The Labute approximate surface area is 165 Å². The topological polar surface area (TPSA) is 52.1 Å². The highest BCUT2D eigenvalue weighted by atomic mass is 16.5. The van der Waals surface area contributed by atoms with Gasteiger partial charge in [-0.3, -0.25) is 0 Å². The maximum Gasteiger partial charge on any atom is 0.161 e. The van der Waals surface area contributed by atoms with Crippen LogP contribution in [0.5, 0.6) is 17.2 Å². The summed E-state index contributed by atoms with van der Waals surface area (Å²) in [6.07, 6.45) is 1.75. The van der Waals surface area contributed by atoms with Crippen LogP contribution in [0.4, 0.5) is 0 Å². The van der Waals surface area contributed by atoms with Gasteiger partial charge in [-0.25, -0.2) is 0 Å². The highest BCUT2D eigenvalue weighted by Gasteiger charge is 2.06. The number of para-hydroxylation sites is 1. The molecule has 5 nitrogen and oxygen atoms in total. The van der Waals surface area contributed by atoms with E-state index in [-0.39, 0.29) is 0 Å². The van der Waals surface area contributed by atoms with Crippen LogP contribution in [0.25, 0.3) is 0 Å². The zero-order valence-electron chi connectivity index (χ0n) is 16.1. The molecule has 0 unspecified atom stereocenters. The molecular weight excluding hydrogens is 352 g/mol. The van der Waals surface area contributed by atoms with Crippen molar-refractivity contribution in [3.8, 4) is 17.2 Å². The van der Waals surface area contributed by atoms with E-state index in [1.807, 2.05) is 72.8 Å². The molecule has 0 atom stereocenters. The van der Waals surface area contributed by atoms with Crippen molar-refractivity contribution in [1.82, 2.24) is 5.43 Å². The van der Waals surface area contributed by atoms with Crippen LogP contribution in [0.2, 0.25) is 0 Å². The Kier molecular flexibility index (Phi) is 6.90. The highest BCUT2D eigenvalue weighted by Crippen LogP contribution is 2.28. The highest BCUT2D eigenvalue weighted by molar-refractivity contribution is 5.80. The van der Waals surface area contributed by atoms with Gasteiger partial charge in [0.25, 0.3) is 0 Å². The van der Waals surface area contributed by atoms with Gasteiger partial charge in [0.05, 0.1) is 27.0 Å². The van der Waals surface area contributed by atoms with Gasteiger partial charge in [0.15, 0.2) is 11.5 Å². The van der Waals surface area contributed by atoms with E-state index in [0.29, 0.717) is 24.7 Å². The van der Waals surface area contributed by atoms with E-state index in [1.54, 1.807) is 20.4 Å². The van der Waals surface area contributed by atoms with Crippen molar-refractivity contribution in [1.29, 1.82) is 0 Å². The summed E-state index contributed by atoms with van der Waals surface area (Å²) in [4.78, 5) is 0. The Hall–Kier alpha value is -3.47. The summed E-state index contributed by atoms with van der Waals surface area (Å²) in [5.74, 6) is 2.21. The van der Waals surface area contributed by atoms with Gasteiger partial charge in [-0.1, -0.05) is 48.5 Å².